The average molecular weight is 368 g/mol. The highest BCUT2D eigenvalue weighted by atomic mass is 19.4. The third-order valence-corrected chi connectivity index (χ3v) is 4.30. The summed E-state index contributed by atoms with van der Waals surface area (Å²) in [5.74, 6) is 0.884. The molecule has 0 spiro atoms. The Bertz CT molecular complexity index is 737. The molecule has 1 saturated carbocycles. The van der Waals surface area contributed by atoms with Gasteiger partial charge in [0.05, 0.1) is 0 Å². The number of hydrogen-bond acceptors (Lipinski definition) is 4. The molecule has 0 unspecified atom stereocenters. The number of aromatic amines is 1. The zero-order chi connectivity index (χ0) is 18.6. The Hall–Kier alpha value is -2.65. The van der Waals surface area contributed by atoms with Gasteiger partial charge in [-0.25, -0.2) is 4.79 Å². The summed E-state index contributed by atoms with van der Waals surface area (Å²) in [5, 5.41) is 18.1. The van der Waals surface area contributed by atoms with Crippen LogP contribution < -0.4 is 10.6 Å². The lowest BCUT2D eigenvalue weighted by atomic mass is 9.86. The summed E-state index contributed by atoms with van der Waals surface area (Å²) in [6.07, 6.45) is 2.52. The molecule has 0 saturated heterocycles. The Morgan fingerprint density at radius 3 is 2.50 bits per heavy atom. The van der Waals surface area contributed by atoms with Crippen LogP contribution in [0.15, 0.2) is 18.2 Å². The molecule has 0 aliphatic heterocycles. The molecule has 2 aromatic heterocycles. The minimum atomic E-state index is -4.57. The van der Waals surface area contributed by atoms with Gasteiger partial charge in [-0.15, -0.1) is 10.2 Å². The quantitative estimate of drug-likeness (QED) is 0.760. The first-order valence-electron chi connectivity index (χ1n) is 8.43. The summed E-state index contributed by atoms with van der Waals surface area (Å²) in [6.45, 7) is 0. The van der Waals surface area contributed by atoms with E-state index in [0.29, 0.717) is 11.7 Å². The molecule has 0 atom stereocenters. The van der Waals surface area contributed by atoms with Gasteiger partial charge in [-0.2, -0.15) is 18.3 Å². The van der Waals surface area contributed by atoms with Crippen LogP contribution in [0, 0.1) is 5.92 Å². The average Bonchev–Trinajstić information content (AvgIpc) is 3.02. The minimum Gasteiger partial charge on any atom is -0.291 e. The summed E-state index contributed by atoms with van der Waals surface area (Å²) < 4.78 is 37.3. The van der Waals surface area contributed by atoms with Gasteiger partial charge in [0.2, 0.25) is 0 Å². The van der Waals surface area contributed by atoms with Crippen molar-refractivity contribution in [1.29, 1.82) is 0 Å². The van der Waals surface area contributed by atoms with Crippen molar-refractivity contribution in [2.24, 2.45) is 5.92 Å². The van der Waals surface area contributed by atoms with Gasteiger partial charge in [0.1, 0.15) is 0 Å². The SMILES string of the molecule is O=C(Nc1ccc(C(F)(F)F)nn1)Nc1cc(CC2CCCCC2)[nH]n1. The van der Waals surface area contributed by atoms with Gasteiger partial charge >= 0.3 is 12.2 Å². The van der Waals surface area contributed by atoms with Crippen LogP contribution >= 0.6 is 0 Å². The summed E-state index contributed by atoms with van der Waals surface area (Å²) in [4.78, 5) is 11.9. The zero-order valence-corrected chi connectivity index (χ0v) is 13.9. The maximum Gasteiger partial charge on any atom is 0.435 e. The van der Waals surface area contributed by atoms with E-state index in [4.69, 9.17) is 0 Å². The number of urea groups is 1. The highest BCUT2D eigenvalue weighted by Gasteiger charge is 2.32. The molecular weight excluding hydrogens is 349 g/mol. The molecule has 1 aliphatic carbocycles. The number of amides is 2. The molecular formula is C16H19F3N6O. The molecule has 0 bridgehead atoms. The highest BCUT2D eigenvalue weighted by molar-refractivity contribution is 5.98. The van der Waals surface area contributed by atoms with E-state index in [9.17, 15) is 18.0 Å². The lowest BCUT2D eigenvalue weighted by molar-refractivity contribution is -0.141. The highest BCUT2D eigenvalue weighted by Crippen LogP contribution is 2.28. The first-order chi connectivity index (χ1) is 12.4. The smallest absolute Gasteiger partial charge is 0.291 e. The van der Waals surface area contributed by atoms with E-state index in [2.05, 4.69) is 31.0 Å². The van der Waals surface area contributed by atoms with Crippen LogP contribution in [0.25, 0.3) is 0 Å². The van der Waals surface area contributed by atoms with E-state index in [1.807, 2.05) is 0 Å². The fourth-order valence-electron chi connectivity index (χ4n) is 3.05. The van der Waals surface area contributed by atoms with Crippen molar-refractivity contribution in [3.8, 4) is 0 Å². The minimum absolute atomic E-state index is 0.0894. The van der Waals surface area contributed by atoms with Gasteiger partial charge < -0.3 is 0 Å². The van der Waals surface area contributed by atoms with Crippen molar-refractivity contribution >= 4 is 17.7 Å². The second kappa shape index (κ2) is 7.71. The van der Waals surface area contributed by atoms with Crippen LogP contribution in [0.1, 0.15) is 43.5 Å². The molecule has 1 fully saturated rings. The summed E-state index contributed by atoms with van der Waals surface area (Å²) >= 11 is 0. The number of anilines is 2. The third kappa shape index (κ3) is 4.93. The first kappa shape index (κ1) is 18.2. The van der Waals surface area contributed by atoms with Gasteiger partial charge in [0, 0.05) is 11.8 Å². The van der Waals surface area contributed by atoms with Gasteiger partial charge in [-0.3, -0.25) is 15.7 Å². The molecule has 1 aliphatic rings. The zero-order valence-electron chi connectivity index (χ0n) is 13.9. The Kier molecular flexibility index (Phi) is 5.38. The number of carbonyl (C=O) groups excluding carboxylic acids is 1. The molecule has 3 rings (SSSR count). The molecule has 0 aromatic carbocycles. The molecule has 26 heavy (non-hydrogen) atoms. The predicted molar refractivity (Wildman–Crippen MR) is 88.5 cm³/mol. The Balaban J connectivity index is 1.51. The molecule has 3 N–H and O–H groups in total. The molecule has 140 valence electrons. The van der Waals surface area contributed by atoms with Crippen molar-refractivity contribution in [3.63, 3.8) is 0 Å². The number of halogens is 3. The molecule has 2 amide bonds. The molecule has 10 heteroatoms. The van der Waals surface area contributed by atoms with Gasteiger partial charge in [-0.05, 0) is 24.5 Å². The second-order valence-electron chi connectivity index (χ2n) is 6.37. The van der Waals surface area contributed by atoms with E-state index >= 15 is 0 Å². The number of nitrogens with zero attached hydrogens (tertiary/aromatic N) is 3. The van der Waals surface area contributed by atoms with Gasteiger partial charge in [0.15, 0.2) is 17.3 Å². The lowest BCUT2D eigenvalue weighted by Gasteiger charge is -2.20. The number of nitrogens with one attached hydrogen (secondary N) is 3. The second-order valence-corrected chi connectivity index (χ2v) is 6.37. The van der Waals surface area contributed by atoms with Gasteiger partial charge in [0.25, 0.3) is 0 Å². The third-order valence-electron chi connectivity index (χ3n) is 4.30. The summed E-state index contributed by atoms with van der Waals surface area (Å²) in [6, 6.07) is 2.88. The first-order valence-corrected chi connectivity index (χ1v) is 8.43. The van der Waals surface area contributed by atoms with Crippen molar-refractivity contribution in [2.45, 2.75) is 44.7 Å². The van der Waals surface area contributed by atoms with Crippen LogP contribution in [0.5, 0.6) is 0 Å². The van der Waals surface area contributed by atoms with E-state index < -0.39 is 17.9 Å². The van der Waals surface area contributed by atoms with Crippen LogP contribution in [-0.4, -0.2) is 26.4 Å². The van der Waals surface area contributed by atoms with Crippen LogP contribution in [0.3, 0.4) is 0 Å². The van der Waals surface area contributed by atoms with E-state index in [-0.39, 0.29) is 5.82 Å². The number of alkyl halides is 3. The normalized spacial score (nSPS) is 15.7. The Morgan fingerprint density at radius 2 is 1.85 bits per heavy atom. The Morgan fingerprint density at radius 1 is 1.12 bits per heavy atom. The van der Waals surface area contributed by atoms with Crippen molar-refractivity contribution in [3.05, 3.63) is 29.6 Å². The predicted octanol–water partition coefficient (Wildman–Crippen LogP) is 3.99. The van der Waals surface area contributed by atoms with Crippen LogP contribution in [0.2, 0.25) is 0 Å². The topological polar surface area (TPSA) is 95.6 Å². The number of H-pyrrole nitrogens is 1. The van der Waals surface area contributed by atoms with Gasteiger partial charge in [-0.1, -0.05) is 32.1 Å². The summed E-state index contributed by atoms with van der Waals surface area (Å²) in [7, 11) is 0. The van der Waals surface area contributed by atoms with Crippen LogP contribution in [-0.2, 0) is 12.6 Å². The molecule has 0 radical (unpaired) electrons. The molecule has 7 nitrogen and oxygen atoms in total. The largest absolute Gasteiger partial charge is 0.435 e. The number of hydrogen-bond donors (Lipinski definition) is 3. The molecule has 2 aromatic rings. The maximum absolute atomic E-state index is 12.4. The van der Waals surface area contributed by atoms with E-state index in [1.54, 1.807) is 6.07 Å². The van der Waals surface area contributed by atoms with Crippen molar-refractivity contribution < 1.29 is 18.0 Å². The fourth-order valence-corrected chi connectivity index (χ4v) is 3.05. The molecule has 2 heterocycles. The van der Waals surface area contributed by atoms with Crippen molar-refractivity contribution in [1.82, 2.24) is 20.4 Å². The Labute approximate surface area is 147 Å². The maximum atomic E-state index is 12.4. The number of rotatable bonds is 4. The van der Waals surface area contributed by atoms with E-state index in [0.717, 1.165) is 24.2 Å². The standard InChI is InChI=1S/C16H19F3N6O/c17-16(18,19)12-6-7-13(24-23-12)20-15(26)21-14-9-11(22-25-14)8-10-4-2-1-3-5-10/h6-7,9-10H,1-5,8H2,(H3,20,21,22,24,25,26). The van der Waals surface area contributed by atoms with Crippen LogP contribution in [0.4, 0.5) is 29.6 Å². The van der Waals surface area contributed by atoms with E-state index in [1.165, 1.54) is 32.1 Å². The monoisotopic (exact) mass is 368 g/mol. The number of carbonyl (C=O) groups is 1. The van der Waals surface area contributed by atoms with Crippen molar-refractivity contribution in [2.75, 3.05) is 10.6 Å². The fraction of sp³-hybridized carbons (Fsp3) is 0.500. The number of aromatic nitrogens is 4. The lowest BCUT2D eigenvalue weighted by Crippen LogP contribution is -2.21. The summed E-state index contributed by atoms with van der Waals surface area (Å²) in [5.41, 5.74) is -0.176.